The van der Waals surface area contributed by atoms with Crippen LogP contribution < -0.4 is 5.32 Å². The highest BCUT2D eigenvalue weighted by Gasteiger charge is 2.14. The summed E-state index contributed by atoms with van der Waals surface area (Å²) >= 11 is 0. The number of nitrogens with one attached hydrogen (secondary N) is 1. The Hall–Kier alpha value is -1.52. The van der Waals surface area contributed by atoms with Gasteiger partial charge in [0.05, 0.1) is 6.20 Å². The zero-order valence-electron chi connectivity index (χ0n) is 8.33. The number of carbonyl (C=O) groups is 1. The monoisotopic (exact) mass is 182 g/mol. The van der Waals surface area contributed by atoms with Gasteiger partial charge in [-0.05, 0) is 0 Å². The maximum Gasteiger partial charge on any atom is 0.289 e. The second-order valence-corrected chi connectivity index (χ2v) is 2.98. The van der Waals surface area contributed by atoms with Crippen LogP contribution in [0.3, 0.4) is 0 Å². The van der Waals surface area contributed by atoms with Crippen molar-refractivity contribution < 1.29 is 4.79 Å². The first-order chi connectivity index (χ1) is 6.07. The molecule has 1 aromatic heterocycles. The largest absolute Gasteiger partial charge is 0.373 e. The smallest absolute Gasteiger partial charge is 0.289 e. The third-order valence-corrected chi connectivity index (χ3v) is 1.84. The Bertz CT molecular complexity index is 316. The molecule has 1 heterocycles. The van der Waals surface area contributed by atoms with Crippen molar-refractivity contribution in [1.82, 2.24) is 14.5 Å². The molecule has 0 aliphatic heterocycles. The minimum Gasteiger partial charge on any atom is -0.373 e. The van der Waals surface area contributed by atoms with Gasteiger partial charge < -0.3 is 14.8 Å². The average Bonchev–Trinajstić information content (AvgIpc) is 2.45. The van der Waals surface area contributed by atoms with Crippen molar-refractivity contribution in [1.29, 1.82) is 0 Å². The number of rotatable bonds is 2. The minimum absolute atomic E-state index is 0.0935. The molecule has 5 heteroatoms. The number of hydrogen-bond acceptors (Lipinski definition) is 3. The van der Waals surface area contributed by atoms with Crippen LogP contribution in [0.2, 0.25) is 0 Å². The predicted molar refractivity (Wildman–Crippen MR) is 50.8 cm³/mol. The second kappa shape index (κ2) is 3.47. The Morgan fingerprint density at radius 1 is 1.62 bits per heavy atom. The topological polar surface area (TPSA) is 50.2 Å². The molecule has 1 N–H and O–H groups in total. The van der Waals surface area contributed by atoms with E-state index in [1.165, 1.54) is 4.90 Å². The summed E-state index contributed by atoms with van der Waals surface area (Å²) in [5.74, 6) is 1.17. The van der Waals surface area contributed by atoms with Gasteiger partial charge in [-0.25, -0.2) is 4.98 Å². The molecule has 0 fully saturated rings. The van der Waals surface area contributed by atoms with Crippen LogP contribution in [0, 0.1) is 0 Å². The second-order valence-electron chi connectivity index (χ2n) is 2.98. The third-order valence-electron chi connectivity index (χ3n) is 1.84. The van der Waals surface area contributed by atoms with Gasteiger partial charge in [-0.1, -0.05) is 0 Å². The summed E-state index contributed by atoms with van der Waals surface area (Å²) < 4.78 is 1.72. The maximum atomic E-state index is 11.5. The van der Waals surface area contributed by atoms with E-state index in [9.17, 15) is 4.79 Å². The van der Waals surface area contributed by atoms with Crippen molar-refractivity contribution in [2.75, 3.05) is 26.5 Å². The highest BCUT2D eigenvalue weighted by molar-refractivity contribution is 5.91. The number of aromatic nitrogens is 2. The molecule has 0 saturated heterocycles. The van der Waals surface area contributed by atoms with Gasteiger partial charge in [0.15, 0.2) is 0 Å². The summed E-state index contributed by atoms with van der Waals surface area (Å²) in [6, 6.07) is 0. The molecule has 0 atom stereocenters. The Morgan fingerprint density at radius 2 is 2.23 bits per heavy atom. The summed E-state index contributed by atoms with van der Waals surface area (Å²) in [6.07, 6.45) is 1.64. The number of nitrogens with zero attached hydrogens (tertiary/aromatic N) is 3. The molecule has 0 radical (unpaired) electrons. The molecule has 0 saturated carbocycles. The molecule has 0 spiro atoms. The van der Waals surface area contributed by atoms with Gasteiger partial charge in [-0.3, -0.25) is 4.79 Å². The van der Waals surface area contributed by atoms with Crippen molar-refractivity contribution in [3.05, 3.63) is 12.0 Å². The van der Waals surface area contributed by atoms with E-state index < -0.39 is 0 Å². The molecule has 72 valence electrons. The summed E-state index contributed by atoms with van der Waals surface area (Å²) in [5, 5.41) is 2.94. The van der Waals surface area contributed by atoms with E-state index in [1.54, 1.807) is 39.0 Å². The lowest BCUT2D eigenvalue weighted by Gasteiger charge is -2.10. The third kappa shape index (κ3) is 1.63. The van der Waals surface area contributed by atoms with Crippen molar-refractivity contribution >= 4 is 11.7 Å². The number of anilines is 1. The Labute approximate surface area is 77.4 Å². The lowest BCUT2D eigenvalue weighted by Crippen LogP contribution is -2.25. The van der Waals surface area contributed by atoms with Gasteiger partial charge in [0.2, 0.25) is 5.82 Å². The molecular formula is C8H14N4O. The van der Waals surface area contributed by atoms with Crippen LogP contribution in [0.4, 0.5) is 5.82 Å². The van der Waals surface area contributed by atoms with Gasteiger partial charge in [0, 0.05) is 28.2 Å². The van der Waals surface area contributed by atoms with Crippen LogP contribution >= 0.6 is 0 Å². The van der Waals surface area contributed by atoms with E-state index in [4.69, 9.17) is 0 Å². The zero-order valence-corrected chi connectivity index (χ0v) is 8.33. The van der Waals surface area contributed by atoms with Crippen LogP contribution in [0.1, 0.15) is 10.6 Å². The summed E-state index contributed by atoms with van der Waals surface area (Å²) in [7, 11) is 7.00. The number of carbonyl (C=O) groups excluding carboxylic acids is 1. The van der Waals surface area contributed by atoms with Crippen molar-refractivity contribution in [3.63, 3.8) is 0 Å². The molecular weight excluding hydrogens is 168 g/mol. The summed E-state index contributed by atoms with van der Waals surface area (Å²) in [4.78, 5) is 17.0. The van der Waals surface area contributed by atoms with E-state index in [0.29, 0.717) is 5.82 Å². The zero-order chi connectivity index (χ0) is 10.0. The van der Waals surface area contributed by atoms with Crippen molar-refractivity contribution in [2.45, 2.75) is 0 Å². The Balaban J connectivity index is 3.02. The van der Waals surface area contributed by atoms with Gasteiger partial charge in [0.1, 0.15) is 5.82 Å². The van der Waals surface area contributed by atoms with Crippen molar-refractivity contribution in [2.24, 2.45) is 7.05 Å². The van der Waals surface area contributed by atoms with Crippen LogP contribution in [0.5, 0.6) is 0 Å². The molecule has 0 aliphatic rings. The lowest BCUT2D eigenvalue weighted by molar-refractivity contribution is 0.0812. The molecule has 13 heavy (non-hydrogen) atoms. The first-order valence-electron chi connectivity index (χ1n) is 3.99. The fourth-order valence-electron chi connectivity index (χ4n) is 1.04. The molecule has 1 rings (SSSR count). The predicted octanol–water partition coefficient (Wildman–Crippen LogP) is 0.164. The fourth-order valence-corrected chi connectivity index (χ4v) is 1.04. The van der Waals surface area contributed by atoms with E-state index >= 15 is 0 Å². The van der Waals surface area contributed by atoms with Gasteiger partial charge in [-0.2, -0.15) is 0 Å². The van der Waals surface area contributed by atoms with Gasteiger partial charge in [0.25, 0.3) is 5.91 Å². The van der Waals surface area contributed by atoms with Gasteiger partial charge in [-0.15, -0.1) is 0 Å². The lowest BCUT2D eigenvalue weighted by atomic mass is 10.5. The molecule has 0 bridgehead atoms. The standard InChI is InChI=1S/C8H14N4O/c1-9-6-5-10-7(12(6)4)8(13)11(2)3/h5,9H,1-4H3. The van der Waals surface area contributed by atoms with E-state index in [1.807, 2.05) is 0 Å². The molecule has 0 aromatic carbocycles. The van der Waals surface area contributed by atoms with Crippen LogP contribution in [-0.2, 0) is 7.05 Å². The molecule has 5 nitrogen and oxygen atoms in total. The van der Waals surface area contributed by atoms with E-state index in [-0.39, 0.29) is 5.91 Å². The molecule has 0 unspecified atom stereocenters. The Kier molecular flexibility index (Phi) is 2.55. The normalized spacial score (nSPS) is 9.85. The van der Waals surface area contributed by atoms with Crippen LogP contribution in [-0.4, -0.2) is 41.5 Å². The fraction of sp³-hybridized carbons (Fsp3) is 0.500. The molecule has 1 aromatic rings. The molecule has 1 amide bonds. The first-order valence-corrected chi connectivity index (χ1v) is 3.99. The quantitative estimate of drug-likeness (QED) is 0.709. The summed E-state index contributed by atoms with van der Waals surface area (Å²) in [5.41, 5.74) is 0. The average molecular weight is 182 g/mol. The van der Waals surface area contributed by atoms with E-state index in [2.05, 4.69) is 10.3 Å². The first kappa shape index (κ1) is 9.57. The minimum atomic E-state index is -0.0935. The maximum absolute atomic E-state index is 11.5. The van der Waals surface area contributed by atoms with E-state index in [0.717, 1.165) is 5.82 Å². The van der Waals surface area contributed by atoms with Crippen molar-refractivity contribution in [3.8, 4) is 0 Å². The van der Waals surface area contributed by atoms with Crippen LogP contribution in [0.25, 0.3) is 0 Å². The van der Waals surface area contributed by atoms with Gasteiger partial charge >= 0.3 is 0 Å². The number of hydrogen-bond donors (Lipinski definition) is 1. The van der Waals surface area contributed by atoms with Crippen LogP contribution in [0.15, 0.2) is 6.20 Å². The highest BCUT2D eigenvalue weighted by atomic mass is 16.2. The highest BCUT2D eigenvalue weighted by Crippen LogP contribution is 2.08. The number of imidazole rings is 1. The Morgan fingerprint density at radius 3 is 2.62 bits per heavy atom. The SMILES string of the molecule is CNc1cnc(C(=O)N(C)C)n1C. The molecule has 0 aliphatic carbocycles. The number of amides is 1. The summed E-state index contributed by atoms with van der Waals surface area (Å²) in [6.45, 7) is 0.